The predicted octanol–water partition coefficient (Wildman–Crippen LogP) is 1.82. The molecule has 0 aromatic heterocycles. The average molecular weight is 248 g/mol. The summed E-state index contributed by atoms with van der Waals surface area (Å²) in [6, 6.07) is 9.68. The zero-order valence-corrected chi connectivity index (χ0v) is 10.6. The summed E-state index contributed by atoms with van der Waals surface area (Å²) < 4.78 is 0. The van der Waals surface area contributed by atoms with Crippen molar-refractivity contribution in [3.8, 4) is 0 Å². The second-order valence-corrected chi connectivity index (χ2v) is 4.93. The van der Waals surface area contributed by atoms with Gasteiger partial charge in [0.1, 0.15) is 0 Å². The van der Waals surface area contributed by atoms with Crippen LogP contribution in [0, 0.1) is 5.92 Å². The summed E-state index contributed by atoms with van der Waals surface area (Å²) in [5, 5.41) is 15.5. The van der Waals surface area contributed by atoms with Gasteiger partial charge in [-0.05, 0) is 24.3 Å². The molecule has 1 aromatic carbocycles. The van der Waals surface area contributed by atoms with E-state index in [4.69, 9.17) is 0 Å². The number of aliphatic hydroxyl groups is 1. The van der Waals surface area contributed by atoms with E-state index in [9.17, 15) is 9.90 Å². The Morgan fingerprint density at radius 1 is 1.44 bits per heavy atom. The molecule has 0 bridgehead atoms. The molecule has 1 aromatic rings. The molecule has 98 valence electrons. The number of hydrogen-bond donors (Lipinski definition) is 3. The van der Waals surface area contributed by atoms with Crippen LogP contribution in [-0.4, -0.2) is 23.7 Å². The summed E-state index contributed by atoms with van der Waals surface area (Å²) in [7, 11) is 0. The second-order valence-electron chi connectivity index (χ2n) is 4.93. The van der Waals surface area contributed by atoms with Gasteiger partial charge in [0.2, 0.25) is 0 Å². The van der Waals surface area contributed by atoms with Crippen LogP contribution >= 0.6 is 0 Å². The van der Waals surface area contributed by atoms with Crippen molar-refractivity contribution in [3.05, 3.63) is 35.9 Å². The lowest BCUT2D eigenvalue weighted by atomic mass is 10.1. The molecule has 18 heavy (non-hydrogen) atoms. The molecule has 3 atom stereocenters. The molecule has 4 heteroatoms. The normalized spacial score (nSPS) is 23.2. The lowest BCUT2D eigenvalue weighted by Crippen LogP contribution is -2.38. The van der Waals surface area contributed by atoms with Crippen molar-refractivity contribution < 1.29 is 9.90 Å². The Labute approximate surface area is 107 Å². The molecule has 0 heterocycles. The van der Waals surface area contributed by atoms with E-state index < -0.39 is 6.10 Å². The number of hydrogen-bond acceptors (Lipinski definition) is 2. The Morgan fingerprint density at radius 3 is 2.72 bits per heavy atom. The van der Waals surface area contributed by atoms with Gasteiger partial charge in [-0.2, -0.15) is 0 Å². The van der Waals surface area contributed by atoms with Crippen LogP contribution < -0.4 is 10.6 Å². The van der Waals surface area contributed by atoms with Crippen molar-refractivity contribution in [2.75, 3.05) is 6.54 Å². The fourth-order valence-corrected chi connectivity index (χ4v) is 1.91. The highest BCUT2D eigenvalue weighted by Gasteiger charge is 2.33. The van der Waals surface area contributed by atoms with E-state index in [1.54, 1.807) is 0 Å². The van der Waals surface area contributed by atoms with Gasteiger partial charge in [0.15, 0.2) is 0 Å². The molecule has 4 nitrogen and oxygen atoms in total. The van der Waals surface area contributed by atoms with E-state index in [0.29, 0.717) is 24.9 Å². The molecule has 3 N–H and O–H groups in total. The van der Waals surface area contributed by atoms with Crippen LogP contribution in [0.5, 0.6) is 0 Å². The minimum absolute atomic E-state index is 0.135. The van der Waals surface area contributed by atoms with Gasteiger partial charge >= 0.3 is 6.03 Å². The van der Waals surface area contributed by atoms with Crippen molar-refractivity contribution in [3.63, 3.8) is 0 Å². The van der Waals surface area contributed by atoms with E-state index in [-0.39, 0.29) is 6.03 Å². The molecule has 0 aliphatic heterocycles. The van der Waals surface area contributed by atoms with Crippen LogP contribution in [0.2, 0.25) is 0 Å². The molecular formula is C14H20N2O2. The van der Waals surface area contributed by atoms with Crippen LogP contribution in [0.1, 0.15) is 31.4 Å². The maximum atomic E-state index is 11.5. The highest BCUT2D eigenvalue weighted by molar-refractivity contribution is 5.74. The summed E-state index contributed by atoms with van der Waals surface area (Å²) in [6.07, 6.45) is 1.07. The Bertz CT molecular complexity index is 394. The monoisotopic (exact) mass is 248 g/mol. The molecule has 1 aliphatic carbocycles. The van der Waals surface area contributed by atoms with Crippen molar-refractivity contribution >= 4 is 6.03 Å². The number of amides is 2. The van der Waals surface area contributed by atoms with Crippen LogP contribution in [0.3, 0.4) is 0 Å². The van der Waals surface area contributed by atoms with Crippen molar-refractivity contribution in [2.45, 2.75) is 31.9 Å². The van der Waals surface area contributed by atoms with E-state index in [1.807, 2.05) is 30.3 Å². The lowest BCUT2D eigenvalue weighted by molar-refractivity contribution is 0.167. The van der Waals surface area contributed by atoms with Crippen molar-refractivity contribution in [1.82, 2.24) is 10.6 Å². The van der Waals surface area contributed by atoms with Crippen LogP contribution in [0.4, 0.5) is 4.79 Å². The Balaban J connectivity index is 1.64. The fourth-order valence-electron chi connectivity index (χ4n) is 1.91. The number of carbonyl (C=O) groups excluding carboxylic acids is 1. The summed E-state index contributed by atoms with van der Waals surface area (Å²) in [5.41, 5.74) is 0.885. The number of carbonyl (C=O) groups is 1. The molecule has 0 saturated heterocycles. The largest absolute Gasteiger partial charge is 0.388 e. The highest BCUT2D eigenvalue weighted by atomic mass is 16.3. The maximum absolute atomic E-state index is 11.5. The van der Waals surface area contributed by atoms with Gasteiger partial charge in [-0.25, -0.2) is 4.79 Å². The predicted molar refractivity (Wildman–Crippen MR) is 70.1 cm³/mol. The van der Waals surface area contributed by atoms with E-state index in [0.717, 1.165) is 12.0 Å². The van der Waals surface area contributed by atoms with E-state index in [1.165, 1.54) is 0 Å². The van der Waals surface area contributed by atoms with E-state index in [2.05, 4.69) is 17.6 Å². The number of aliphatic hydroxyl groups excluding tert-OH is 1. The molecule has 2 rings (SSSR count). The third-order valence-electron chi connectivity index (χ3n) is 3.31. The summed E-state index contributed by atoms with van der Waals surface area (Å²) >= 11 is 0. The minimum Gasteiger partial charge on any atom is -0.388 e. The first-order chi connectivity index (χ1) is 8.66. The second kappa shape index (κ2) is 5.87. The third-order valence-corrected chi connectivity index (χ3v) is 3.31. The summed E-state index contributed by atoms with van der Waals surface area (Å²) in [5.74, 6) is 0.602. The first-order valence-electron chi connectivity index (χ1n) is 6.44. The molecular weight excluding hydrogens is 228 g/mol. The summed E-state index contributed by atoms with van der Waals surface area (Å²) in [4.78, 5) is 11.5. The lowest BCUT2D eigenvalue weighted by Gasteiger charge is -2.12. The standard InChI is InChI=1S/C14H20N2O2/c1-10-9-12(10)16-14(18)15-8-7-13(17)11-5-3-2-4-6-11/h2-6,10,12-13,17H,7-9H2,1H3,(H2,15,16,18). The van der Waals surface area contributed by atoms with Crippen molar-refractivity contribution in [1.29, 1.82) is 0 Å². The Morgan fingerprint density at radius 2 is 2.11 bits per heavy atom. The SMILES string of the molecule is CC1CC1NC(=O)NCCC(O)c1ccccc1. The topological polar surface area (TPSA) is 61.4 Å². The van der Waals surface area contributed by atoms with Gasteiger partial charge in [-0.15, -0.1) is 0 Å². The van der Waals surface area contributed by atoms with Gasteiger partial charge in [0, 0.05) is 12.6 Å². The number of urea groups is 1. The molecule has 0 radical (unpaired) electrons. The molecule has 2 amide bonds. The van der Waals surface area contributed by atoms with Gasteiger partial charge in [0.05, 0.1) is 6.10 Å². The molecule has 0 spiro atoms. The van der Waals surface area contributed by atoms with Gasteiger partial charge in [0.25, 0.3) is 0 Å². The number of rotatable bonds is 5. The Hall–Kier alpha value is -1.55. The van der Waals surface area contributed by atoms with Crippen LogP contribution in [0.25, 0.3) is 0 Å². The van der Waals surface area contributed by atoms with Gasteiger partial charge in [-0.3, -0.25) is 0 Å². The van der Waals surface area contributed by atoms with Crippen molar-refractivity contribution in [2.24, 2.45) is 5.92 Å². The zero-order valence-electron chi connectivity index (χ0n) is 10.6. The van der Waals surface area contributed by atoms with Gasteiger partial charge < -0.3 is 15.7 Å². The van der Waals surface area contributed by atoms with Crippen LogP contribution in [-0.2, 0) is 0 Å². The smallest absolute Gasteiger partial charge is 0.315 e. The zero-order chi connectivity index (χ0) is 13.0. The maximum Gasteiger partial charge on any atom is 0.315 e. The number of benzene rings is 1. The quantitative estimate of drug-likeness (QED) is 0.744. The molecule has 1 fully saturated rings. The Kier molecular flexibility index (Phi) is 4.20. The molecule has 1 saturated carbocycles. The molecule has 3 unspecified atom stereocenters. The van der Waals surface area contributed by atoms with Gasteiger partial charge in [-0.1, -0.05) is 37.3 Å². The first kappa shape index (κ1) is 12.9. The number of nitrogens with one attached hydrogen (secondary N) is 2. The highest BCUT2D eigenvalue weighted by Crippen LogP contribution is 2.28. The third kappa shape index (κ3) is 3.74. The van der Waals surface area contributed by atoms with E-state index >= 15 is 0 Å². The average Bonchev–Trinajstić information content (AvgIpc) is 3.05. The minimum atomic E-state index is -0.522. The first-order valence-corrected chi connectivity index (χ1v) is 6.44. The summed E-state index contributed by atoms with van der Waals surface area (Å²) in [6.45, 7) is 2.59. The fraction of sp³-hybridized carbons (Fsp3) is 0.500. The van der Waals surface area contributed by atoms with Crippen LogP contribution in [0.15, 0.2) is 30.3 Å². The molecule has 1 aliphatic rings.